The third-order valence-corrected chi connectivity index (χ3v) is 4.32. The lowest BCUT2D eigenvalue weighted by atomic mass is 10.1. The molecule has 1 aromatic carbocycles. The van der Waals surface area contributed by atoms with E-state index in [0.717, 1.165) is 11.3 Å². The second-order valence-corrected chi connectivity index (χ2v) is 6.47. The third kappa shape index (κ3) is 4.37. The summed E-state index contributed by atoms with van der Waals surface area (Å²) in [6, 6.07) is 9.67. The molecule has 2 aromatic rings. The Hall–Kier alpha value is -2.83. The van der Waals surface area contributed by atoms with Crippen molar-refractivity contribution in [2.24, 2.45) is 13.0 Å². The monoisotopic (exact) mass is 341 g/mol. The normalized spacial score (nSPS) is 17.0. The highest BCUT2D eigenvalue weighted by Gasteiger charge is 2.29. The van der Waals surface area contributed by atoms with E-state index in [-0.39, 0.29) is 17.9 Å². The van der Waals surface area contributed by atoms with Crippen molar-refractivity contribution in [3.63, 3.8) is 0 Å². The first kappa shape index (κ1) is 17.0. The molecule has 0 bridgehead atoms. The Bertz CT molecular complexity index is 756. The fraction of sp³-hybridized carbons (Fsp3) is 0.389. The van der Waals surface area contributed by atoms with Crippen LogP contribution >= 0.6 is 0 Å². The number of benzene rings is 1. The average Bonchev–Trinajstić information content (AvgIpc) is 3.08. The van der Waals surface area contributed by atoms with Gasteiger partial charge in [-0.15, -0.1) is 0 Å². The van der Waals surface area contributed by atoms with Crippen LogP contribution in [0.4, 0.5) is 10.5 Å². The highest BCUT2D eigenvalue weighted by atomic mass is 16.2. The molecular weight excluding hydrogens is 318 g/mol. The molecule has 3 amide bonds. The zero-order chi connectivity index (χ0) is 17.8. The van der Waals surface area contributed by atoms with Crippen molar-refractivity contribution in [2.45, 2.75) is 19.9 Å². The van der Waals surface area contributed by atoms with Crippen molar-refractivity contribution in [3.8, 4) is 0 Å². The average molecular weight is 341 g/mol. The number of carbonyl (C=O) groups excluding carboxylic acids is 2. The van der Waals surface area contributed by atoms with Crippen molar-refractivity contribution in [1.82, 2.24) is 20.0 Å². The molecule has 1 atom stereocenters. The maximum Gasteiger partial charge on any atom is 0.319 e. The number of aromatic nitrogens is 2. The number of nitrogens with zero attached hydrogens (tertiary/aromatic N) is 3. The minimum Gasteiger partial charge on any atom is -0.338 e. The quantitative estimate of drug-likeness (QED) is 0.872. The summed E-state index contributed by atoms with van der Waals surface area (Å²) in [5.41, 5.74) is 2.57. The minimum atomic E-state index is -0.273. The van der Waals surface area contributed by atoms with Crippen molar-refractivity contribution >= 4 is 17.6 Å². The van der Waals surface area contributed by atoms with Crippen LogP contribution in [-0.4, -0.2) is 39.7 Å². The van der Waals surface area contributed by atoms with Gasteiger partial charge in [-0.3, -0.25) is 9.48 Å². The number of anilines is 1. The van der Waals surface area contributed by atoms with Gasteiger partial charge in [0.2, 0.25) is 5.91 Å². The van der Waals surface area contributed by atoms with Gasteiger partial charge in [0.15, 0.2) is 0 Å². The van der Waals surface area contributed by atoms with E-state index in [1.54, 1.807) is 10.9 Å². The zero-order valence-electron chi connectivity index (χ0n) is 14.5. The summed E-state index contributed by atoms with van der Waals surface area (Å²) in [5, 5.41) is 9.82. The van der Waals surface area contributed by atoms with E-state index in [2.05, 4.69) is 15.7 Å². The molecule has 0 saturated carbocycles. The first-order valence-electron chi connectivity index (χ1n) is 8.38. The molecule has 1 fully saturated rings. The number of rotatable bonds is 5. The number of carbonyl (C=O) groups is 2. The number of hydrogen-bond acceptors (Lipinski definition) is 3. The first-order valence-corrected chi connectivity index (χ1v) is 8.38. The largest absolute Gasteiger partial charge is 0.338 e. The van der Waals surface area contributed by atoms with Gasteiger partial charge in [0, 0.05) is 45.2 Å². The van der Waals surface area contributed by atoms with Crippen LogP contribution in [0.2, 0.25) is 0 Å². The van der Waals surface area contributed by atoms with E-state index in [1.165, 1.54) is 0 Å². The lowest BCUT2D eigenvalue weighted by Crippen LogP contribution is -2.34. The molecule has 0 radical (unpaired) electrons. The number of amides is 3. The van der Waals surface area contributed by atoms with Gasteiger partial charge in [-0.2, -0.15) is 5.10 Å². The van der Waals surface area contributed by atoms with E-state index in [9.17, 15) is 9.59 Å². The fourth-order valence-electron chi connectivity index (χ4n) is 3.07. The van der Waals surface area contributed by atoms with Gasteiger partial charge in [0.25, 0.3) is 0 Å². The molecule has 132 valence electrons. The van der Waals surface area contributed by atoms with Gasteiger partial charge < -0.3 is 15.5 Å². The van der Waals surface area contributed by atoms with Crippen LogP contribution in [-0.2, 0) is 18.4 Å². The summed E-state index contributed by atoms with van der Waals surface area (Å²) in [4.78, 5) is 26.0. The van der Waals surface area contributed by atoms with Crippen molar-refractivity contribution in [3.05, 3.63) is 47.8 Å². The van der Waals surface area contributed by atoms with Crippen molar-refractivity contribution in [2.75, 3.05) is 18.4 Å². The smallest absolute Gasteiger partial charge is 0.319 e. The zero-order valence-corrected chi connectivity index (χ0v) is 14.5. The molecule has 7 nitrogen and oxygen atoms in total. The lowest BCUT2D eigenvalue weighted by molar-refractivity contribution is -0.128. The first-order chi connectivity index (χ1) is 12.0. The standard InChI is InChI=1S/C18H23N5O2/c1-13-16(12-22(2)21-13)20-18(25)19-9-15-8-17(24)23(11-15)10-14-6-4-3-5-7-14/h3-7,12,15H,8-11H2,1-2H3,(H2,19,20,25)/t15-/m1/s1. The summed E-state index contributed by atoms with van der Waals surface area (Å²) in [6.07, 6.45) is 2.23. The van der Waals surface area contributed by atoms with Crippen LogP contribution in [0.1, 0.15) is 17.7 Å². The van der Waals surface area contributed by atoms with Gasteiger partial charge in [0.05, 0.1) is 11.4 Å². The second-order valence-electron chi connectivity index (χ2n) is 6.47. The van der Waals surface area contributed by atoms with Gasteiger partial charge in [-0.25, -0.2) is 4.79 Å². The predicted molar refractivity (Wildman–Crippen MR) is 94.9 cm³/mol. The molecule has 7 heteroatoms. The number of nitrogens with one attached hydrogen (secondary N) is 2. The molecule has 2 N–H and O–H groups in total. The van der Waals surface area contributed by atoms with E-state index < -0.39 is 0 Å². The summed E-state index contributed by atoms with van der Waals surface area (Å²) in [5.74, 6) is 0.274. The van der Waals surface area contributed by atoms with Crippen LogP contribution in [0.25, 0.3) is 0 Å². The van der Waals surface area contributed by atoms with Gasteiger partial charge in [-0.1, -0.05) is 30.3 Å². The molecule has 1 aromatic heterocycles. The Morgan fingerprint density at radius 2 is 2.08 bits per heavy atom. The molecule has 1 aliphatic rings. The van der Waals surface area contributed by atoms with Crippen molar-refractivity contribution in [1.29, 1.82) is 0 Å². The summed E-state index contributed by atoms with van der Waals surface area (Å²) in [6.45, 7) is 3.60. The highest BCUT2D eigenvalue weighted by molar-refractivity contribution is 5.89. The molecule has 3 rings (SSSR count). The van der Waals surface area contributed by atoms with Gasteiger partial charge in [-0.05, 0) is 12.5 Å². The van der Waals surface area contributed by atoms with Crippen molar-refractivity contribution < 1.29 is 9.59 Å². The predicted octanol–water partition coefficient (Wildman–Crippen LogP) is 1.90. The lowest BCUT2D eigenvalue weighted by Gasteiger charge is -2.17. The molecule has 1 saturated heterocycles. The van der Waals surface area contributed by atoms with Crippen LogP contribution in [0.3, 0.4) is 0 Å². The Labute approximate surface area is 147 Å². The van der Waals surface area contributed by atoms with E-state index in [0.29, 0.717) is 31.7 Å². The third-order valence-electron chi connectivity index (χ3n) is 4.32. The molecule has 2 heterocycles. The molecular formula is C18H23N5O2. The van der Waals surface area contributed by atoms with E-state index >= 15 is 0 Å². The van der Waals surface area contributed by atoms with Gasteiger partial charge >= 0.3 is 6.03 Å². The SMILES string of the molecule is Cc1nn(C)cc1NC(=O)NC[C@H]1CC(=O)N(Cc2ccccc2)C1. The van der Waals surface area contributed by atoms with E-state index in [4.69, 9.17) is 0 Å². The van der Waals surface area contributed by atoms with Crippen LogP contribution in [0.5, 0.6) is 0 Å². The molecule has 0 spiro atoms. The minimum absolute atomic E-state index is 0.136. The topological polar surface area (TPSA) is 79.3 Å². The maximum atomic E-state index is 12.2. The maximum absolute atomic E-state index is 12.2. The Kier molecular flexibility index (Phi) is 5.02. The number of urea groups is 1. The highest BCUT2D eigenvalue weighted by Crippen LogP contribution is 2.19. The summed E-state index contributed by atoms with van der Waals surface area (Å²) < 4.78 is 1.65. The molecule has 0 unspecified atom stereocenters. The van der Waals surface area contributed by atoms with Crippen LogP contribution in [0, 0.1) is 12.8 Å². The van der Waals surface area contributed by atoms with E-state index in [1.807, 2.05) is 49.2 Å². The number of aryl methyl sites for hydroxylation is 2. The molecule has 1 aliphatic heterocycles. The number of likely N-dealkylation sites (tertiary alicyclic amines) is 1. The second kappa shape index (κ2) is 7.38. The van der Waals surface area contributed by atoms with Crippen LogP contribution < -0.4 is 10.6 Å². The Balaban J connectivity index is 1.47. The van der Waals surface area contributed by atoms with Crippen LogP contribution in [0.15, 0.2) is 36.5 Å². The summed E-state index contributed by atoms with van der Waals surface area (Å²) in [7, 11) is 1.81. The number of hydrogen-bond donors (Lipinski definition) is 2. The fourth-order valence-corrected chi connectivity index (χ4v) is 3.07. The Morgan fingerprint density at radius 3 is 2.76 bits per heavy atom. The molecule has 0 aliphatic carbocycles. The molecule has 25 heavy (non-hydrogen) atoms. The Morgan fingerprint density at radius 1 is 1.32 bits per heavy atom. The summed E-state index contributed by atoms with van der Waals surface area (Å²) >= 11 is 0. The van der Waals surface area contributed by atoms with Gasteiger partial charge in [0.1, 0.15) is 0 Å².